The average Bonchev–Trinajstić information content (AvgIpc) is 2.33. The SMILES string of the molecule is CN1CCN(C(=O)CCCCC(=O)OC(C)(C)C)CC1. The maximum Gasteiger partial charge on any atom is 0.306 e. The summed E-state index contributed by atoms with van der Waals surface area (Å²) in [7, 11) is 2.07. The predicted octanol–water partition coefficient (Wildman–Crippen LogP) is 1.66. The minimum Gasteiger partial charge on any atom is -0.460 e. The van der Waals surface area contributed by atoms with Crippen molar-refractivity contribution in [1.29, 1.82) is 0 Å². The Kier molecular flexibility index (Phi) is 6.46. The molecule has 0 aromatic rings. The molecule has 0 N–H and O–H groups in total. The van der Waals surface area contributed by atoms with Crippen LogP contribution >= 0.6 is 0 Å². The summed E-state index contributed by atoms with van der Waals surface area (Å²) >= 11 is 0. The summed E-state index contributed by atoms with van der Waals surface area (Å²) in [4.78, 5) is 27.6. The molecule has 5 nitrogen and oxygen atoms in total. The lowest BCUT2D eigenvalue weighted by atomic mass is 10.1. The number of ether oxygens (including phenoxy) is 1. The molecule has 116 valence electrons. The number of rotatable bonds is 5. The second kappa shape index (κ2) is 7.62. The first-order valence-electron chi connectivity index (χ1n) is 7.46. The number of likely N-dealkylation sites (N-methyl/N-ethyl adjacent to an activating group) is 1. The van der Waals surface area contributed by atoms with Crippen molar-refractivity contribution in [1.82, 2.24) is 9.80 Å². The third kappa shape index (κ3) is 6.89. The summed E-state index contributed by atoms with van der Waals surface area (Å²) in [5.41, 5.74) is -0.424. The van der Waals surface area contributed by atoms with E-state index in [0.29, 0.717) is 19.3 Å². The number of esters is 1. The fourth-order valence-electron chi connectivity index (χ4n) is 2.15. The molecule has 1 aliphatic heterocycles. The van der Waals surface area contributed by atoms with E-state index in [2.05, 4.69) is 11.9 Å². The fraction of sp³-hybridized carbons (Fsp3) is 0.867. The molecule has 0 aliphatic carbocycles. The van der Waals surface area contributed by atoms with E-state index in [9.17, 15) is 9.59 Å². The van der Waals surface area contributed by atoms with E-state index in [4.69, 9.17) is 4.74 Å². The van der Waals surface area contributed by atoms with Gasteiger partial charge in [-0.1, -0.05) is 0 Å². The summed E-state index contributed by atoms with van der Waals surface area (Å²) in [6.45, 7) is 9.13. The number of unbranched alkanes of at least 4 members (excludes halogenated alkanes) is 1. The summed E-state index contributed by atoms with van der Waals surface area (Å²) in [6, 6.07) is 0. The van der Waals surface area contributed by atoms with Crippen molar-refractivity contribution in [3.63, 3.8) is 0 Å². The first-order chi connectivity index (χ1) is 9.28. The smallest absolute Gasteiger partial charge is 0.306 e. The Hall–Kier alpha value is -1.10. The van der Waals surface area contributed by atoms with E-state index in [0.717, 1.165) is 32.6 Å². The zero-order chi connectivity index (χ0) is 15.2. The van der Waals surface area contributed by atoms with Crippen LogP contribution in [-0.4, -0.2) is 60.5 Å². The van der Waals surface area contributed by atoms with Crippen LogP contribution in [0.2, 0.25) is 0 Å². The highest BCUT2D eigenvalue weighted by Crippen LogP contribution is 2.11. The predicted molar refractivity (Wildman–Crippen MR) is 78.4 cm³/mol. The Morgan fingerprint density at radius 1 is 1.00 bits per heavy atom. The van der Waals surface area contributed by atoms with E-state index in [-0.39, 0.29) is 11.9 Å². The maximum atomic E-state index is 12.0. The number of hydrogen-bond donors (Lipinski definition) is 0. The Bertz CT molecular complexity index is 329. The molecular weight excluding hydrogens is 256 g/mol. The first-order valence-corrected chi connectivity index (χ1v) is 7.46. The van der Waals surface area contributed by atoms with Gasteiger partial charge in [0.15, 0.2) is 0 Å². The molecule has 0 aromatic heterocycles. The van der Waals surface area contributed by atoms with Crippen LogP contribution in [0.1, 0.15) is 46.5 Å². The Balaban J connectivity index is 2.12. The molecule has 0 atom stereocenters. The van der Waals surface area contributed by atoms with Crippen LogP contribution in [0.25, 0.3) is 0 Å². The van der Waals surface area contributed by atoms with E-state index >= 15 is 0 Å². The highest BCUT2D eigenvalue weighted by molar-refractivity contribution is 5.76. The molecule has 1 rings (SSSR count). The third-order valence-electron chi connectivity index (χ3n) is 3.30. The lowest BCUT2D eigenvalue weighted by molar-refractivity contribution is -0.155. The number of piperazine rings is 1. The van der Waals surface area contributed by atoms with Crippen LogP contribution in [0, 0.1) is 0 Å². The quantitative estimate of drug-likeness (QED) is 0.569. The summed E-state index contributed by atoms with van der Waals surface area (Å²) in [5.74, 6) is 0.0341. The topological polar surface area (TPSA) is 49.9 Å². The van der Waals surface area contributed by atoms with Crippen molar-refractivity contribution in [3.8, 4) is 0 Å². The van der Waals surface area contributed by atoms with Crippen LogP contribution in [0.5, 0.6) is 0 Å². The summed E-state index contributed by atoms with van der Waals surface area (Å²) in [5, 5.41) is 0. The van der Waals surface area contributed by atoms with Gasteiger partial charge in [-0.25, -0.2) is 0 Å². The van der Waals surface area contributed by atoms with Crippen LogP contribution in [0.4, 0.5) is 0 Å². The van der Waals surface area contributed by atoms with Gasteiger partial charge >= 0.3 is 5.97 Å². The number of carbonyl (C=O) groups is 2. The van der Waals surface area contributed by atoms with Gasteiger partial charge in [0.2, 0.25) is 5.91 Å². The van der Waals surface area contributed by atoms with Gasteiger partial charge < -0.3 is 14.5 Å². The van der Waals surface area contributed by atoms with Gasteiger partial charge in [-0.15, -0.1) is 0 Å². The van der Waals surface area contributed by atoms with Gasteiger partial charge in [0.25, 0.3) is 0 Å². The van der Waals surface area contributed by atoms with Crippen molar-refractivity contribution in [2.75, 3.05) is 33.2 Å². The van der Waals surface area contributed by atoms with E-state index in [1.54, 1.807) is 0 Å². The van der Waals surface area contributed by atoms with Crippen LogP contribution in [0.3, 0.4) is 0 Å². The molecule has 20 heavy (non-hydrogen) atoms. The molecule has 0 bridgehead atoms. The lowest BCUT2D eigenvalue weighted by Crippen LogP contribution is -2.47. The lowest BCUT2D eigenvalue weighted by Gasteiger charge is -2.32. The molecule has 0 radical (unpaired) electrons. The Morgan fingerprint density at radius 2 is 1.55 bits per heavy atom. The van der Waals surface area contributed by atoms with E-state index in [1.807, 2.05) is 25.7 Å². The highest BCUT2D eigenvalue weighted by Gasteiger charge is 2.19. The number of hydrogen-bond acceptors (Lipinski definition) is 4. The number of nitrogens with zero attached hydrogens (tertiary/aromatic N) is 2. The number of carbonyl (C=O) groups excluding carboxylic acids is 2. The van der Waals surface area contributed by atoms with Gasteiger partial charge in [-0.05, 0) is 40.7 Å². The highest BCUT2D eigenvalue weighted by atomic mass is 16.6. The van der Waals surface area contributed by atoms with Crippen molar-refractivity contribution < 1.29 is 14.3 Å². The van der Waals surface area contributed by atoms with Crippen molar-refractivity contribution >= 4 is 11.9 Å². The molecule has 1 aliphatic rings. The molecule has 0 saturated carbocycles. The molecule has 1 saturated heterocycles. The molecule has 1 amide bonds. The van der Waals surface area contributed by atoms with E-state index < -0.39 is 5.60 Å². The molecular formula is C15H28N2O3. The van der Waals surface area contributed by atoms with Crippen LogP contribution in [-0.2, 0) is 14.3 Å². The zero-order valence-electron chi connectivity index (χ0n) is 13.3. The normalized spacial score (nSPS) is 17.1. The molecule has 1 heterocycles. The second-order valence-electron chi connectivity index (χ2n) is 6.48. The fourth-order valence-corrected chi connectivity index (χ4v) is 2.15. The Labute approximate surface area is 122 Å². The van der Waals surface area contributed by atoms with Crippen LogP contribution in [0.15, 0.2) is 0 Å². The standard InChI is InChI=1S/C15H28N2O3/c1-15(2,3)20-14(19)8-6-5-7-13(18)17-11-9-16(4)10-12-17/h5-12H2,1-4H3. The number of amides is 1. The van der Waals surface area contributed by atoms with Crippen LogP contribution < -0.4 is 0 Å². The van der Waals surface area contributed by atoms with E-state index in [1.165, 1.54) is 0 Å². The molecule has 5 heteroatoms. The average molecular weight is 284 g/mol. The van der Waals surface area contributed by atoms with Gasteiger partial charge in [-0.3, -0.25) is 9.59 Å². The van der Waals surface area contributed by atoms with Gasteiger partial charge in [0, 0.05) is 39.0 Å². The first kappa shape index (κ1) is 17.0. The molecule has 0 aromatic carbocycles. The maximum absolute atomic E-state index is 12.0. The Morgan fingerprint density at radius 3 is 2.10 bits per heavy atom. The summed E-state index contributed by atoms with van der Waals surface area (Å²) < 4.78 is 5.23. The largest absolute Gasteiger partial charge is 0.460 e. The molecule has 1 fully saturated rings. The minimum atomic E-state index is -0.424. The monoisotopic (exact) mass is 284 g/mol. The minimum absolute atomic E-state index is 0.176. The van der Waals surface area contributed by atoms with Gasteiger partial charge in [0.1, 0.15) is 5.60 Å². The van der Waals surface area contributed by atoms with Crippen molar-refractivity contribution in [3.05, 3.63) is 0 Å². The van der Waals surface area contributed by atoms with Gasteiger partial charge in [0.05, 0.1) is 0 Å². The second-order valence-corrected chi connectivity index (χ2v) is 6.48. The van der Waals surface area contributed by atoms with Gasteiger partial charge in [-0.2, -0.15) is 0 Å². The van der Waals surface area contributed by atoms with Crippen molar-refractivity contribution in [2.24, 2.45) is 0 Å². The summed E-state index contributed by atoms with van der Waals surface area (Å²) in [6.07, 6.45) is 2.40. The molecule has 0 spiro atoms. The third-order valence-corrected chi connectivity index (χ3v) is 3.30. The molecule has 0 unspecified atom stereocenters. The van der Waals surface area contributed by atoms with Crippen molar-refractivity contribution in [2.45, 2.75) is 52.1 Å². The zero-order valence-corrected chi connectivity index (χ0v) is 13.3.